The van der Waals surface area contributed by atoms with E-state index >= 15 is 0 Å². The zero-order chi connectivity index (χ0) is 15.4. The summed E-state index contributed by atoms with van der Waals surface area (Å²) in [6, 6.07) is -0.628. The fourth-order valence-corrected chi connectivity index (χ4v) is 2.56. The number of aryl methyl sites for hydroxylation is 1. The Hall–Kier alpha value is -2.42. The van der Waals surface area contributed by atoms with Crippen molar-refractivity contribution in [1.82, 2.24) is 25.6 Å². The van der Waals surface area contributed by atoms with Gasteiger partial charge in [0.1, 0.15) is 15.7 Å². The molecule has 1 atom stereocenters. The molecule has 8 nitrogen and oxygen atoms in total. The highest BCUT2D eigenvalue weighted by Gasteiger charge is 2.15. The van der Waals surface area contributed by atoms with Crippen molar-refractivity contribution in [2.75, 3.05) is 0 Å². The Morgan fingerprint density at radius 3 is 2.86 bits per heavy atom. The number of imidazole rings is 1. The molecular formula is C12H15N5O3S. The molecule has 2 aromatic heterocycles. The van der Waals surface area contributed by atoms with Gasteiger partial charge in [0.2, 0.25) is 0 Å². The summed E-state index contributed by atoms with van der Waals surface area (Å²) in [5, 5.41) is 14.8. The first-order valence-corrected chi connectivity index (χ1v) is 7.02. The minimum atomic E-state index is -1.01. The van der Waals surface area contributed by atoms with E-state index in [-0.39, 0.29) is 23.5 Å². The third-order valence-corrected chi connectivity index (χ3v) is 3.86. The number of carbonyl (C=O) groups excluding carboxylic acids is 1. The van der Waals surface area contributed by atoms with Crippen LogP contribution in [0, 0.1) is 6.92 Å². The number of H-pyrrole nitrogens is 1. The van der Waals surface area contributed by atoms with Crippen LogP contribution in [0.15, 0.2) is 12.4 Å². The van der Waals surface area contributed by atoms with Crippen LogP contribution in [0.2, 0.25) is 0 Å². The number of hydrogen-bond donors (Lipinski definition) is 4. The van der Waals surface area contributed by atoms with E-state index in [1.807, 2.05) is 0 Å². The van der Waals surface area contributed by atoms with Crippen LogP contribution >= 0.6 is 11.3 Å². The maximum atomic E-state index is 11.7. The highest BCUT2D eigenvalue weighted by molar-refractivity contribution is 7.13. The zero-order valence-electron chi connectivity index (χ0n) is 11.5. The van der Waals surface area contributed by atoms with Gasteiger partial charge in [-0.25, -0.2) is 19.6 Å². The highest BCUT2D eigenvalue weighted by atomic mass is 32.1. The molecule has 0 saturated carbocycles. The van der Waals surface area contributed by atoms with Gasteiger partial charge in [-0.15, -0.1) is 11.3 Å². The molecule has 0 aliphatic carbocycles. The van der Waals surface area contributed by atoms with Crippen LogP contribution in [0.4, 0.5) is 4.79 Å². The molecule has 21 heavy (non-hydrogen) atoms. The average molecular weight is 309 g/mol. The number of aromatic nitrogens is 3. The van der Waals surface area contributed by atoms with Crippen molar-refractivity contribution in [3.05, 3.63) is 33.8 Å². The maximum Gasteiger partial charge on any atom is 0.347 e. The number of carboxylic acid groups (broad SMARTS) is 1. The molecule has 0 saturated heterocycles. The number of amides is 2. The number of nitrogens with one attached hydrogen (secondary N) is 3. The molecule has 0 aromatic carbocycles. The minimum Gasteiger partial charge on any atom is -0.477 e. The van der Waals surface area contributed by atoms with Crippen LogP contribution < -0.4 is 10.6 Å². The van der Waals surface area contributed by atoms with Gasteiger partial charge in [-0.2, -0.15) is 0 Å². The first kappa shape index (κ1) is 15.0. The number of carboxylic acids is 1. The summed E-state index contributed by atoms with van der Waals surface area (Å²) >= 11 is 1.05. The van der Waals surface area contributed by atoms with E-state index in [2.05, 4.69) is 25.6 Å². The Balaban J connectivity index is 1.86. The molecule has 0 bridgehead atoms. The number of urea groups is 1. The standard InChI is InChI=1S/C12H15N5O3S/c1-6-9(11(18)19)21-8(16-6)5-15-12(20)17-7(2)10-13-3-4-14-10/h3-4,7H,5H2,1-2H3,(H,13,14)(H,18,19)(H2,15,17,20). The molecule has 0 spiro atoms. The van der Waals surface area contributed by atoms with Gasteiger partial charge >= 0.3 is 12.0 Å². The van der Waals surface area contributed by atoms with Crippen molar-refractivity contribution in [1.29, 1.82) is 0 Å². The van der Waals surface area contributed by atoms with Crippen LogP contribution in [-0.4, -0.2) is 32.1 Å². The lowest BCUT2D eigenvalue weighted by molar-refractivity contribution is 0.0701. The monoisotopic (exact) mass is 309 g/mol. The number of aromatic carboxylic acids is 1. The smallest absolute Gasteiger partial charge is 0.347 e. The molecule has 0 radical (unpaired) electrons. The predicted octanol–water partition coefficient (Wildman–Crippen LogP) is 1.43. The lowest BCUT2D eigenvalue weighted by Crippen LogP contribution is -2.36. The number of nitrogens with zero attached hydrogens (tertiary/aromatic N) is 2. The van der Waals surface area contributed by atoms with E-state index in [0.29, 0.717) is 16.5 Å². The number of carbonyl (C=O) groups is 2. The number of rotatable bonds is 5. The molecule has 1 unspecified atom stereocenters. The average Bonchev–Trinajstić information content (AvgIpc) is 3.05. The van der Waals surface area contributed by atoms with Crippen LogP contribution in [0.3, 0.4) is 0 Å². The van der Waals surface area contributed by atoms with E-state index in [9.17, 15) is 9.59 Å². The second-order valence-corrected chi connectivity index (χ2v) is 5.43. The predicted molar refractivity (Wildman–Crippen MR) is 76.2 cm³/mol. The SMILES string of the molecule is Cc1nc(CNC(=O)NC(C)c2ncc[nH]2)sc1C(=O)O. The van der Waals surface area contributed by atoms with Crippen LogP contribution in [0.1, 0.15) is 39.2 Å². The quantitative estimate of drug-likeness (QED) is 0.666. The van der Waals surface area contributed by atoms with Crippen LogP contribution in [-0.2, 0) is 6.54 Å². The van der Waals surface area contributed by atoms with Crippen LogP contribution in [0.25, 0.3) is 0 Å². The van der Waals surface area contributed by atoms with E-state index in [1.165, 1.54) is 0 Å². The fraction of sp³-hybridized carbons (Fsp3) is 0.333. The van der Waals surface area contributed by atoms with Gasteiger partial charge in [-0.05, 0) is 13.8 Å². The largest absolute Gasteiger partial charge is 0.477 e. The summed E-state index contributed by atoms with van der Waals surface area (Å²) in [6.45, 7) is 3.60. The van der Waals surface area contributed by atoms with E-state index < -0.39 is 5.97 Å². The van der Waals surface area contributed by atoms with Crippen LogP contribution in [0.5, 0.6) is 0 Å². The molecule has 112 valence electrons. The summed E-state index contributed by atoms with van der Waals surface area (Å²) < 4.78 is 0. The minimum absolute atomic E-state index is 0.176. The lowest BCUT2D eigenvalue weighted by Gasteiger charge is -2.11. The van der Waals surface area contributed by atoms with Gasteiger partial charge < -0.3 is 20.7 Å². The molecule has 2 heterocycles. The maximum absolute atomic E-state index is 11.7. The molecular weight excluding hydrogens is 294 g/mol. The second-order valence-electron chi connectivity index (χ2n) is 4.35. The highest BCUT2D eigenvalue weighted by Crippen LogP contribution is 2.17. The van der Waals surface area contributed by atoms with Gasteiger partial charge in [-0.3, -0.25) is 0 Å². The number of aromatic amines is 1. The molecule has 0 aliphatic rings. The van der Waals surface area contributed by atoms with Crippen molar-refractivity contribution in [2.45, 2.75) is 26.4 Å². The van der Waals surface area contributed by atoms with Crippen molar-refractivity contribution in [3.63, 3.8) is 0 Å². The topological polar surface area (TPSA) is 120 Å². The van der Waals surface area contributed by atoms with Crippen molar-refractivity contribution >= 4 is 23.3 Å². The molecule has 0 fully saturated rings. The molecule has 2 aromatic rings. The van der Waals surface area contributed by atoms with Crippen molar-refractivity contribution in [3.8, 4) is 0 Å². The fourth-order valence-electron chi connectivity index (χ4n) is 1.71. The molecule has 4 N–H and O–H groups in total. The summed E-state index contributed by atoms with van der Waals surface area (Å²) in [5.41, 5.74) is 0.452. The summed E-state index contributed by atoms with van der Waals surface area (Å²) in [5.74, 6) is -0.351. The third kappa shape index (κ3) is 3.78. The molecule has 9 heteroatoms. The third-order valence-electron chi connectivity index (χ3n) is 2.71. The van der Waals surface area contributed by atoms with Gasteiger partial charge in [0.05, 0.1) is 18.3 Å². The second kappa shape index (κ2) is 6.35. The Labute approximate surface area is 124 Å². The van der Waals surface area contributed by atoms with Crippen molar-refractivity contribution < 1.29 is 14.7 Å². The Morgan fingerprint density at radius 2 is 2.29 bits per heavy atom. The Bertz CT molecular complexity index is 637. The van der Waals surface area contributed by atoms with Gasteiger partial charge in [0.25, 0.3) is 0 Å². The number of thiazole rings is 1. The summed E-state index contributed by atoms with van der Waals surface area (Å²) in [7, 11) is 0. The zero-order valence-corrected chi connectivity index (χ0v) is 12.3. The van der Waals surface area contributed by atoms with E-state index in [1.54, 1.807) is 26.2 Å². The van der Waals surface area contributed by atoms with Gasteiger partial charge in [0, 0.05) is 12.4 Å². The van der Waals surface area contributed by atoms with E-state index in [0.717, 1.165) is 11.3 Å². The summed E-state index contributed by atoms with van der Waals surface area (Å²) in [6.07, 6.45) is 3.29. The van der Waals surface area contributed by atoms with E-state index in [4.69, 9.17) is 5.11 Å². The number of hydrogen-bond acceptors (Lipinski definition) is 5. The first-order chi connectivity index (χ1) is 9.97. The first-order valence-electron chi connectivity index (χ1n) is 6.20. The van der Waals surface area contributed by atoms with Crippen molar-refractivity contribution in [2.24, 2.45) is 0 Å². The Morgan fingerprint density at radius 1 is 1.52 bits per heavy atom. The lowest BCUT2D eigenvalue weighted by atomic mass is 10.3. The summed E-state index contributed by atoms with van der Waals surface area (Å²) in [4.78, 5) is 33.9. The molecule has 2 amide bonds. The molecule has 2 rings (SSSR count). The van der Waals surface area contributed by atoms with Gasteiger partial charge in [0.15, 0.2) is 0 Å². The van der Waals surface area contributed by atoms with Gasteiger partial charge in [-0.1, -0.05) is 0 Å². The Kier molecular flexibility index (Phi) is 4.53. The molecule has 0 aliphatic heterocycles. The normalized spacial score (nSPS) is 11.9.